The Morgan fingerprint density at radius 1 is 1.44 bits per heavy atom. The van der Waals surface area contributed by atoms with Crippen LogP contribution < -0.4 is 0 Å². The van der Waals surface area contributed by atoms with Crippen molar-refractivity contribution in [1.29, 1.82) is 0 Å². The van der Waals surface area contributed by atoms with Gasteiger partial charge in [-0.1, -0.05) is 28.6 Å². The van der Waals surface area contributed by atoms with Gasteiger partial charge in [-0.05, 0) is 25.1 Å². The van der Waals surface area contributed by atoms with E-state index in [-0.39, 0.29) is 5.97 Å². The fourth-order valence-electron chi connectivity index (χ4n) is 1.83. The molecule has 0 saturated carbocycles. The van der Waals surface area contributed by atoms with E-state index in [9.17, 15) is 4.79 Å². The summed E-state index contributed by atoms with van der Waals surface area (Å²) in [6.07, 6.45) is 1.94. The van der Waals surface area contributed by atoms with E-state index < -0.39 is 0 Å². The SMILES string of the molecule is C=C(Cn1ccc2c(Br)cccc21)C(=O)OCC. The lowest BCUT2D eigenvalue weighted by molar-refractivity contribution is -0.138. The first kappa shape index (κ1) is 12.9. The molecule has 0 unspecified atom stereocenters. The van der Waals surface area contributed by atoms with Crippen molar-refractivity contribution in [3.8, 4) is 0 Å². The van der Waals surface area contributed by atoms with Gasteiger partial charge in [0, 0.05) is 27.1 Å². The quantitative estimate of drug-likeness (QED) is 0.639. The molecule has 0 aliphatic heterocycles. The van der Waals surface area contributed by atoms with E-state index in [2.05, 4.69) is 22.5 Å². The van der Waals surface area contributed by atoms with Gasteiger partial charge in [0.05, 0.1) is 13.2 Å². The summed E-state index contributed by atoms with van der Waals surface area (Å²) in [5, 5.41) is 1.12. The predicted octanol–water partition coefficient (Wildman–Crippen LogP) is 3.52. The summed E-state index contributed by atoms with van der Waals surface area (Å²) in [5.41, 5.74) is 1.52. The molecule has 0 N–H and O–H groups in total. The van der Waals surface area contributed by atoms with E-state index >= 15 is 0 Å². The maximum absolute atomic E-state index is 11.5. The van der Waals surface area contributed by atoms with Crippen LogP contribution in [0.25, 0.3) is 10.9 Å². The second-order valence-electron chi connectivity index (χ2n) is 3.94. The highest BCUT2D eigenvalue weighted by molar-refractivity contribution is 9.10. The molecule has 0 bridgehead atoms. The molecule has 1 aromatic heterocycles. The fourth-order valence-corrected chi connectivity index (χ4v) is 2.32. The van der Waals surface area contributed by atoms with Gasteiger partial charge in [-0.2, -0.15) is 0 Å². The molecule has 0 spiro atoms. The van der Waals surface area contributed by atoms with Crippen molar-refractivity contribution in [3.05, 3.63) is 47.1 Å². The minimum atomic E-state index is -0.339. The molecule has 0 atom stereocenters. The molecular weight excluding hydrogens is 294 g/mol. The Labute approximate surface area is 114 Å². The molecule has 2 aromatic rings. The van der Waals surface area contributed by atoms with Crippen molar-refractivity contribution in [2.24, 2.45) is 0 Å². The zero-order valence-corrected chi connectivity index (χ0v) is 11.7. The summed E-state index contributed by atoms with van der Waals surface area (Å²) in [6, 6.07) is 7.99. The largest absolute Gasteiger partial charge is 0.463 e. The maximum Gasteiger partial charge on any atom is 0.335 e. The van der Waals surface area contributed by atoms with Gasteiger partial charge < -0.3 is 9.30 Å². The number of hydrogen-bond donors (Lipinski definition) is 0. The van der Waals surface area contributed by atoms with Gasteiger partial charge in [-0.25, -0.2) is 4.79 Å². The summed E-state index contributed by atoms with van der Waals surface area (Å²) in [7, 11) is 0. The Morgan fingerprint density at radius 2 is 2.22 bits per heavy atom. The number of carbonyl (C=O) groups excluding carboxylic acids is 1. The number of benzene rings is 1. The molecule has 0 radical (unpaired) electrons. The number of nitrogens with zero attached hydrogens (tertiary/aromatic N) is 1. The topological polar surface area (TPSA) is 31.2 Å². The highest BCUT2D eigenvalue weighted by Crippen LogP contribution is 2.25. The third-order valence-corrected chi connectivity index (χ3v) is 3.38. The molecule has 94 valence electrons. The second kappa shape index (κ2) is 5.40. The highest BCUT2D eigenvalue weighted by atomic mass is 79.9. The zero-order valence-electron chi connectivity index (χ0n) is 10.1. The van der Waals surface area contributed by atoms with E-state index in [1.807, 2.05) is 35.0 Å². The number of hydrogen-bond acceptors (Lipinski definition) is 2. The molecule has 1 heterocycles. The van der Waals surface area contributed by atoms with Gasteiger partial charge in [-0.3, -0.25) is 0 Å². The first-order valence-electron chi connectivity index (χ1n) is 5.71. The molecular formula is C14H14BrNO2. The van der Waals surface area contributed by atoms with Crippen molar-refractivity contribution in [3.63, 3.8) is 0 Å². The summed E-state index contributed by atoms with van der Waals surface area (Å²) in [5.74, 6) is -0.339. The van der Waals surface area contributed by atoms with Crippen molar-refractivity contribution in [2.75, 3.05) is 6.61 Å². The lowest BCUT2D eigenvalue weighted by Gasteiger charge is -2.08. The third-order valence-electron chi connectivity index (χ3n) is 2.69. The second-order valence-corrected chi connectivity index (χ2v) is 4.79. The lowest BCUT2D eigenvalue weighted by Crippen LogP contribution is -2.11. The van der Waals surface area contributed by atoms with Crippen molar-refractivity contribution < 1.29 is 9.53 Å². The number of aromatic nitrogens is 1. The Bertz CT molecular complexity index is 601. The Balaban J connectivity index is 2.25. The van der Waals surface area contributed by atoms with Gasteiger partial charge in [0.15, 0.2) is 0 Å². The summed E-state index contributed by atoms with van der Waals surface area (Å²) < 4.78 is 7.95. The zero-order chi connectivity index (χ0) is 13.1. The number of esters is 1. The van der Waals surface area contributed by atoms with E-state index in [0.717, 1.165) is 15.4 Å². The summed E-state index contributed by atoms with van der Waals surface area (Å²) in [6.45, 7) is 6.37. The van der Waals surface area contributed by atoms with Crippen molar-refractivity contribution in [2.45, 2.75) is 13.5 Å². The number of carbonyl (C=O) groups is 1. The molecule has 0 saturated heterocycles. The first-order valence-corrected chi connectivity index (χ1v) is 6.51. The summed E-state index contributed by atoms with van der Waals surface area (Å²) in [4.78, 5) is 11.5. The lowest BCUT2D eigenvalue weighted by atomic mass is 10.2. The van der Waals surface area contributed by atoms with E-state index in [0.29, 0.717) is 18.7 Å². The number of fused-ring (bicyclic) bond motifs is 1. The predicted molar refractivity (Wildman–Crippen MR) is 75.4 cm³/mol. The van der Waals surface area contributed by atoms with Gasteiger partial charge in [-0.15, -0.1) is 0 Å². The molecule has 0 fully saturated rings. The van der Waals surface area contributed by atoms with Crippen LogP contribution >= 0.6 is 15.9 Å². The van der Waals surface area contributed by atoms with Crippen molar-refractivity contribution >= 4 is 32.8 Å². The summed E-state index contributed by atoms with van der Waals surface area (Å²) >= 11 is 3.50. The molecule has 3 nitrogen and oxygen atoms in total. The smallest absolute Gasteiger partial charge is 0.335 e. The van der Waals surface area contributed by atoms with Gasteiger partial charge in [0.25, 0.3) is 0 Å². The monoisotopic (exact) mass is 307 g/mol. The highest BCUT2D eigenvalue weighted by Gasteiger charge is 2.10. The van der Waals surface area contributed by atoms with Crippen LogP contribution in [0.2, 0.25) is 0 Å². The third kappa shape index (κ3) is 2.48. The van der Waals surface area contributed by atoms with Crippen LogP contribution in [0.3, 0.4) is 0 Å². The van der Waals surface area contributed by atoms with Gasteiger partial charge in [0.1, 0.15) is 0 Å². The van der Waals surface area contributed by atoms with Crippen LogP contribution in [0, 0.1) is 0 Å². The van der Waals surface area contributed by atoms with Crippen LogP contribution in [-0.2, 0) is 16.1 Å². The Hall–Kier alpha value is -1.55. The fraction of sp³-hybridized carbons (Fsp3) is 0.214. The first-order chi connectivity index (χ1) is 8.63. The average molecular weight is 308 g/mol. The minimum absolute atomic E-state index is 0.339. The minimum Gasteiger partial charge on any atom is -0.463 e. The molecule has 2 rings (SSSR count). The van der Waals surface area contributed by atoms with Gasteiger partial charge >= 0.3 is 5.97 Å². The van der Waals surface area contributed by atoms with Crippen LogP contribution in [0.4, 0.5) is 0 Å². The number of rotatable bonds is 4. The number of halogens is 1. The number of ether oxygens (including phenoxy) is 1. The van der Waals surface area contributed by atoms with Crippen LogP contribution in [0.15, 0.2) is 47.1 Å². The molecule has 0 aliphatic carbocycles. The average Bonchev–Trinajstić information content (AvgIpc) is 2.74. The maximum atomic E-state index is 11.5. The van der Waals surface area contributed by atoms with E-state index in [1.165, 1.54) is 0 Å². The Morgan fingerprint density at radius 3 is 2.94 bits per heavy atom. The van der Waals surface area contributed by atoms with Crippen LogP contribution in [0.5, 0.6) is 0 Å². The normalized spacial score (nSPS) is 10.6. The van der Waals surface area contributed by atoms with Gasteiger partial charge in [0.2, 0.25) is 0 Å². The molecule has 0 aliphatic rings. The van der Waals surface area contributed by atoms with Crippen LogP contribution in [0.1, 0.15) is 6.92 Å². The van der Waals surface area contributed by atoms with Crippen LogP contribution in [-0.4, -0.2) is 17.1 Å². The Kier molecular flexibility index (Phi) is 3.87. The molecule has 1 aromatic carbocycles. The molecule has 0 amide bonds. The van der Waals surface area contributed by atoms with E-state index in [1.54, 1.807) is 6.92 Å². The van der Waals surface area contributed by atoms with E-state index in [4.69, 9.17) is 4.74 Å². The van der Waals surface area contributed by atoms with Crippen molar-refractivity contribution in [1.82, 2.24) is 4.57 Å². The molecule has 4 heteroatoms. The molecule has 18 heavy (non-hydrogen) atoms. The standard InChI is InChI=1S/C14H14BrNO2/c1-3-18-14(17)10(2)9-16-8-7-11-12(15)5-4-6-13(11)16/h4-8H,2-3,9H2,1H3.